The molecule has 1 aliphatic heterocycles. The van der Waals surface area contributed by atoms with E-state index in [-0.39, 0.29) is 11.9 Å². The number of hydrogen-bond acceptors (Lipinski definition) is 5. The molecule has 2 aromatic carbocycles. The second kappa shape index (κ2) is 20.4. The predicted molar refractivity (Wildman–Crippen MR) is 178 cm³/mol. The highest BCUT2D eigenvalue weighted by Gasteiger charge is 2.43. The molecule has 0 saturated carbocycles. The highest BCUT2D eigenvalue weighted by atomic mass is 16.5. The Hall–Kier alpha value is -3.45. The van der Waals surface area contributed by atoms with Gasteiger partial charge in [-0.05, 0) is 76.2 Å². The number of hydrogen-bond donors (Lipinski definition) is 2. The fraction of sp³-hybridized carbons (Fsp3) is 0.500. The number of nitrogens with one attached hydrogen (secondary N) is 2. The van der Waals surface area contributed by atoms with Gasteiger partial charge >= 0.3 is 0 Å². The van der Waals surface area contributed by atoms with Gasteiger partial charge in [-0.2, -0.15) is 0 Å². The first-order valence-corrected chi connectivity index (χ1v) is 14.9. The molecule has 41 heavy (non-hydrogen) atoms. The Morgan fingerprint density at radius 2 is 1.61 bits per heavy atom. The zero-order valence-electron chi connectivity index (χ0n) is 27.8. The summed E-state index contributed by atoms with van der Waals surface area (Å²) in [7, 11) is 5.43. The van der Waals surface area contributed by atoms with E-state index in [1.165, 1.54) is 0 Å². The number of aromatic nitrogens is 2. The minimum atomic E-state index is -0.248. The molecule has 228 valence electrons. The molecule has 1 aromatic heterocycles. The molecule has 3 aromatic rings. The molecule has 4 rings (SSSR count). The maximum absolute atomic E-state index is 13.4. The molecule has 1 saturated heterocycles. The van der Waals surface area contributed by atoms with E-state index in [1.807, 2.05) is 103 Å². The Morgan fingerprint density at radius 1 is 1.05 bits per heavy atom. The second-order valence-corrected chi connectivity index (χ2v) is 9.82. The minimum absolute atomic E-state index is 0.0936. The molecular formula is C34H55N5O2. The van der Waals surface area contributed by atoms with Gasteiger partial charge in [-0.3, -0.25) is 14.7 Å². The summed E-state index contributed by atoms with van der Waals surface area (Å²) < 4.78 is 5.73. The van der Waals surface area contributed by atoms with Crippen LogP contribution < -0.4 is 15.0 Å². The van der Waals surface area contributed by atoms with Crippen molar-refractivity contribution in [3.05, 3.63) is 65.5 Å². The zero-order chi connectivity index (χ0) is 31.5. The Morgan fingerprint density at radius 3 is 2.10 bits per heavy atom. The molecule has 1 aliphatic rings. The third-order valence-electron chi connectivity index (χ3n) is 5.32. The van der Waals surface area contributed by atoms with Crippen LogP contribution in [0.2, 0.25) is 0 Å². The molecule has 7 nitrogen and oxygen atoms in total. The van der Waals surface area contributed by atoms with Crippen LogP contribution in [0.4, 0.5) is 5.69 Å². The molecule has 0 aliphatic carbocycles. The number of carbonyl (C=O) groups excluding carboxylic acids is 1. The minimum Gasteiger partial charge on any atom is -0.494 e. The van der Waals surface area contributed by atoms with Crippen molar-refractivity contribution < 1.29 is 9.53 Å². The molecular weight excluding hydrogens is 510 g/mol. The van der Waals surface area contributed by atoms with Crippen LogP contribution in [0, 0.1) is 5.92 Å². The van der Waals surface area contributed by atoms with Gasteiger partial charge in [0.15, 0.2) is 0 Å². The molecule has 0 bridgehead atoms. The van der Waals surface area contributed by atoms with Crippen LogP contribution in [0.15, 0.2) is 64.9 Å². The zero-order valence-corrected chi connectivity index (χ0v) is 27.8. The van der Waals surface area contributed by atoms with Crippen molar-refractivity contribution in [3.8, 4) is 5.75 Å². The molecule has 0 radical (unpaired) electrons. The van der Waals surface area contributed by atoms with E-state index >= 15 is 0 Å². The number of amides is 1. The van der Waals surface area contributed by atoms with Crippen LogP contribution in [-0.2, 0) is 4.79 Å². The van der Waals surface area contributed by atoms with Crippen molar-refractivity contribution in [1.82, 2.24) is 15.3 Å². The highest BCUT2D eigenvalue weighted by Crippen LogP contribution is 2.42. The molecule has 2 heterocycles. The van der Waals surface area contributed by atoms with Crippen molar-refractivity contribution in [2.75, 3.05) is 32.6 Å². The number of aromatic amines is 1. The SMILES string of the molecule is CC.CC.CC(C)C.CCCOc1ccc(C2C(=C(C)C)C(=NC)C(=O)N2c2ccc3nc[nH]c3c2)cc1.CNC. The average Bonchev–Trinajstić information content (AvgIpc) is 3.56. The number of anilines is 1. The smallest absolute Gasteiger partial charge is 0.277 e. The fourth-order valence-electron chi connectivity index (χ4n) is 3.95. The second-order valence-electron chi connectivity index (χ2n) is 9.82. The van der Waals surface area contributed by atoms with Gasteiger partial charge in [-0.25, -0.2) is 4.98 Å². The lowest BCUT2D eigenvalue weighted by atomic mass is 9.94. The number of ether oxygens (including phenoxy) is 1. The van der Waals surface area contributed by atoms with Gasteiger partial charge in [0.05, 0.1) is 30.0 Å². The van der Waals surface area contributed by atoms with Gasteiger partial charge in [0.2, 0.25) is 0 Å². The van der Waals surface area contributed by atoms with Crippen molar-refractivity contribution in [2.45, 2.75) is 81.7 Å². The molecule has 1 fully saturated rings. The van der Waals surface area contributed by atoms with Crippen LogP contribution in [0.1, 0.15) is 87.3 Å². The number of nitrogens with zero attached hydrogens (tertiary/aromatic N) is 3. The monoisotopic (exact) mass is 565 g/mol. The van der Waals surface area contributed by atoms with Crippen LogP contribution in [0.25, 0.3) is 11.0 Å². The van der Waals surface area contributed by atoms with Crippen LogP contribution in [0.3, 0.4) is 0 Å². The number of fused-ring (bicyclic) bond motifs is 1. The van der Waals surface area contributed by atoms with Gasteiger partial charge in [0, 0.05) is 18.3 Å². The van der Waals surface area contributed by atoms with E-state index < -0.39 is 0 Å². The lowest BCUT2D eigenvalue weighted by molar-refractivity contribution is -0.112. The number of aliphatic imine (C=N–C) groups is 1. The number of rotatable bonds is 5. The highest BCUT2D eigenvalue weighted by molar-refractivity contribution is 6.53. The number of imidazole rings is 1. The topological polar surface area (TPSA) is 82.6 Å². The van der Waals surface area contributed by atoms with Gasteiger partial charge in [-0.15, -0.1) is 0 Å². The largest absolute Gasteiger partial charge is 0.494 e. The van der Waals surface area contributed by atoms with Crippen LogP contribution in [-0.4, -0.2) is 49.3 Å². The van der Waals surface area contributed by atoms with Crippen molar-refractivity contribution >= 4 is 28.3 Å². The first-order valence-electron chi connectivity index (χ1n) is 14.9. The fourth-order valence-corrected chi connectivity index (χ4v) is 3.95. The Labute approximate surface area is 249 Å². The molecule has 7 heteroatoms. The van der Waals surface area contributed by atoms with E-state index in [9.17, 15) is 4.79 Å². The van der Waals surface area contributed by atoms with Gasteiger partial charge < -0.3 is 15.0 Å². The van der Waals surface area contributed by atoms with Crippen LogP contribution in [0.5, 0.6) is 5.75 Å². The van der Waals surface area contributed by atoms with E-state index in [0.717, 1.165) is 51.5 Å². The lowest BCUT2D eigenvalue weighted by Gasteiger charge is -2.26. The van der Waals surface area contributed by atoms with Gasteiger partial charge in [-0.1, -0.05) is 73.1 Å². The summed E-state index contributed by atoms with van der Waals surface area (Å²) in [6.45, 7) is 21.3. The Balaban J connectivity index is 0.00000127. The van der Waals surface area contributed by atoms with Crippen LogP contribution >= 0.6 is 0 Å². The predicted octanol–water partition coefficient (Wildman–Crippen LogP) is 8.40. The third kappa shape index (κ3) is 10.8. The van der Waals surface area contributed by atoms with E-state index in [2.05, 4.69) is 48.0 Å². The summed E-state index contributed by atoms with van der Waals surface area (Å²) in [5.41, 5.74) is 6.13. The molecule has 1 atom stereocenters. The Bertz CT molecular complexity index is 1200. The quantitative estimate of drug-likeness (QED) is 0.325. The maximum Gasteiger partial charge on any atom is 0.277 e. The third-order valence-corrected chi connectivity index (χ3v) is 5.32. The number of allylic oxidation sites excluding steroid dienone is 1. The molecule has 1 amide bonds. The number of carbonyl (C=O) groups is 1. The first-order chi connectivity index (χ1) is 19.7. The normalized spacial score (nSPS) is 14.7. The molecule has 0 spiro atoms. The van der Waals surface area contributed by atoms with Gasteiger partial charge in [0.1, 0.15) is 11.5 Å². The summed E-state index contributed by atoms with van der Waals surface area (Å²) >= 11 is 0. The first kappa shape index (κ1) is 37.6. The van der Waals surface area contributed by atoms with Gasteiger partial charge in [0.25, 0.3) is 5.91 Å². The molecule has 2 N–H and O–H groups in total. The van der Waals surface area contributed by atoms with E-state index in [1.54, 1.807) is 13.4 Å². The van der Waals surface area contributed by atoms with Crippen molar-refractivity contribution in [3.63, 3.8) is 0 Å². The van der Waals surface area contributed by atoms with Crippen molar-refractivity contribution in [1.29, 1.82) is 0 Å². The van der Waals surface area contributed by atoms with E-state index in [0.29, 0.717) is 12.3 Å². The molecule has 1 unspecified atom stereocenters. The number of benzene rings is 2. The standard InChI is InChI=1S/C24H26N4O2.C4H10.C2H7N.2C2H6/c1-5-12-30-18-9-6-16(7-10-18)23-21(15(2)3)22(25-4)24(29)28(23)17-8-11-19-20(13-17)27-14-26-19;1-4(2)3;1-3-2;2*1-2/h6-11,13-14,23H,5,12H2,1-4H3,(H,26,27);4H,1-3H3;3H,1-2H3;2*1-2H3. The summed E-state index contributed by atoms with van der Waals surface area (Å²) in [5, 5.41) is 2.75. The lowest BCUT2D eigenvalue weighted by Crippen LogP contribution is -2.29. The van der Waals surface area contributed by atoms with E-state index in [4.69, 9.17) is 4.74 Å². The maximum atomic E-state index is 13.4. The number of H-pyrrole nitrogens is 1. The summed E-state index contributed by atoms with van der Waals surface area (Å²) in [6.07, 6.45) is 2.62. The summed E-state index contributed by atoms with van der Waals surface area (Å²) in [5.74, 6) is 1.57. The van der Waals surface area contributed by atoms with Crippen molar-refractivity contribution in [2.24, 2.45) is 10.9 Å². The summed E-state index contributed by atoms with van der Waals surface area (Å²) in [6, 6.07) is 13.6. The summed E-state index contributed by atoms with van der Waals surface area (Å²) in [4.78, 5) is 27.0. The Kier molecular flexibility index (Phi) is 18.7. The average molecular weight is 566 g/mol.